The molecular weight excluding hydrogens is 208 g/mol. The van der Waals surface area contributed by atoms with E-state index in [4.69, 9.17) is 14.9 Å². The summed E-state index contributed by atoms with van der Waals surface area (Å²) < 4.78 is 5.02. The van der Waals surface area contributed by atoms with Crippen LogP contribution in [0.3, 0.4) is 0 Å². The number of carbonyl (C=O) groups is 1. The summed E-state index contributed by atoms with van der Waals surface area (Å²) >= 11 is 0. The molecule has 4 nitrogen and oxygen atoms in total. The van der Waals surface area contributed by atoms with Crippen LogP contribution in [0.1, 0.15) is 22.3 Å². The van der Waals surface area contributed by atoms with E-state index in [2.05, 4.69) is 0 Å². The van der Waals surface area contributed by atoms with Crippen molar-refractivity contribution in [3.63, 3.8) is 0 Å². The Morgan fingerprint density at radius 3 is 2.81 bits per heavy atom. The lowest BCUT2D eigenvalue weighted by Crippen LogP contribution is -1.99. The van der Waals surface area contributed by atoms with Crippen LogP contribution in [-0.4, -0.2) is 29.9 Å². The normalized spacial score (nSPS) is 10.6. The lowest BCUT2D eigenvalue weighted by atomic mass is 10.1. The first-order valence-electron chi connectivity index (χ1n) is 4.87. The molecule has 86 valence electrons. The van der Waals surface area contributed by atoms with Gasteiger partial charge in [0.25, 0.3) is 0 Å². The maximum Gasteiger partial charge on any atom is 0.336 e. The van der Waals surface area contributed by atoms with E-state index in [1.807, 2.05) is 0 Å². The molecule has 0 aliphatic rings. The zero-order chi connectivity index (χ0) is 12.0. The molecule has 0 radical (unpaired) electrons. The molecule has 0 spiro atoms. The molecule has 0 aromatic heterocycles. The number of aliphatic hydroxyl groups is 1. The van der Waals surface area contributed by atoms with Crippen LogP contribution in [0.25, 0.3) is 6.08 Å². The van der Waals surface area contributed by atoms with Crippen molar-refractivity contribution in [3.8, 4) is 5.75 Å². The van der Waals surface area contributed by atoms with Gasteiger partial charge < -0.3 is 14.9 Å². The Morgan fingerprint density at radius 2 is 2.25 bits per heavy atom. The molecule has 2 N–H and O–H groups in total. The Bertz CT molecular complexity index is 396. The lowest BCUT2D eigenvalue weighted by Gasteiger charge is -2.04. The predicted molar refractivity (Wildman–Crippen MR) is 60.7 cm³/mol. The third-order valence-electron chi connectivity index (χ3n) is 2.08. The molecule has 0 aliphatic heterocycles. The van der Waals surface area contributed by atoms with Crippen molar-refractivity contribution >= 4 is 12.0 Å². The highest BCUT2D eigenvalue weighted by molar-refractivity contribution is 5.92. The average molecular weight is 222 g/mol. The van der Waals surface area contributed by atoms with Crippen molar-refractivity contribution < 1.29 is 19.7 Å². The van der Waals surface area contributed by atoms with Gasteiger partial charge >= 0.3 is 5.97 Å². The molecule has 0 atom stereocenters. The number of carboxylic acid groups (broad SMARTS) is 1. The molecule has 0 fully saturated rings. The first-order chi connectivity index (χ1) is 7.69. The quantitative estimate of drug-likeness (QED) is 0.797. The highest BCUT2D eigenvalue weighted by Gasteiger charge is 2.08. The number of methoxy groups -OCH3 is 1. The molecule has 0 aliphatic carbocycles. The Morgan fingerprint density at radius 1 is 1.50 bits per heavy atom. The highest BCUT2D eigenvalue weighted by atomic mass is 16.5. The number of benzene rings is 1. The summed E-state index contributed by atoms with van der Waals surface area (Å²) in [6, 6.07) is 4.75. The smallest absolute Gasteiger partial charge is 0.336 e. The fourth-order valence-electron chi connectivity index (χ4n) is 1.29. The van der Waals surface area contributed by atoms with Crippen molar-refractivity contribution in [2.45, 2.75) is 6.42 Å². The summed E-state index contributed by atoms with van der Waals surface area (Å²) in [6.45, 7) is 0.0445. The second-order valence-electron chi connectivity index (χ2n) is 3.17. The average Bonchev–Trinajstić information content (AvgIpc) is 2.29. The van der Waals surface area contributed by atoms with E-state index < -0.39 is 5.97 Å². The summed E-state index contributed by atoms with van der Waals surface area (Å²) in [5.74, 6) is -0.375. The van der Waals surface area contributed by atoms with Crippen LogP contribution in [0.15, 0.2) is 24.3 Å². The Balaban J connectivity index is 3.05. The molecule has 1 aromatic rings. The minimum absolute atomic E-state index is 0.0445. The third kappa shape index (κ3) is 3.10. The van der Waals surface area contributed by atoms with Crippen molar-refractivity contribution in [1.82, 2.24) is 0 Å². The number of ether oxygens (including phenoxy) is 1. The number of hydrogen-bond donors (Lipinski definition) is 2. The lowest BCUT2D eigenvalue weighted by molar-refractivity contribution is 0.0696. The molecule has 1 rings (SSSR count). The topological polar surface area (TPSA) is 66.8 Å². The molecule has 0 bridgehead atoms. The SMILES string of the molecule is COc1ccc(C(=O)O)c(C=CCCO)c1. The number of aromatic carboxylic acids is 1. The van der Waals surface area contributed by atoms with E-state index in [0.29, 0.717) is 17.7 Å². The van der Waals surface area contributed by atoms with E-state index in [-0.39, 0.29) is 12.2 Å². The van der Waals surface area contributed by atoms with Crippen molar-refractivity contribution in [2.75, 3.05) is 13.7 Å². The van der Waals surface area contributed by atoms with Crippen LogP contribution in [0.5, 0.6) is 5.75 Å². The van der Waals surface area contributed by atoms with E-state index in [1.54, 1.807) is 24.3 Å². The van der Waals surface area contributed by atoms with Crippen molar-refractivity contribution in [2.24, 2.45) is 0 Å². The number of aliphatic hydroxyl groups excluding tert-OH is 1. The first kappa shape index (κ1) is 12.3. The molecular formula is C12H14O4. The largest absolute Gasteiger partial charge is 0.497 e. The summed E-state index contributed by atoms with van der Waals surface area (Å²) in [7, 11) is 1.52. The maximum absolute atomic E-state index is 10.9. The van der Waals surface area contributed by atoms with Gasteiger partial charge in [-0.1, -0.05) is 12.2 Å². The zero-order valence-corrected chi connectivity index (χ0v) is 9.01. The van der Waals surface area contributed by atoms with Crippen LogP contribution < -0.4 is 4.74 Å². The van der Waals surface area contributed by atoms with E-state index >= 15 is 0 Å². The first-order valence-corrected chi connectivity index (χ1v) is 4.87. The second-order valence-corrected chi connectivity index (χ2v) is 3.17. The van der Waals surface area contributed by atoms with Crippen LogP contribution in [-0.2, 0) is 0 Å². The second kappa shape index (κ2) is 5.92. The van der Waals surface area contributed by atoms with Gasteiger partial charge in [-0.2, -0.15) is 0 Å². The molecule has 0 saturated carbocycles. The van der Waals surface area contributed by atoms with Crippen molar-refractivity contribution in [3.05, 3.63) is 35.4 Å². The zero-order valence-electron chi connectivity index (χ0n) is 9.01. The minimum atomic E-state index is -0.980. The fraction of sp³-hybridized carbons (Fsp3) is 0.250. The summed E-state index contributed by atoms with van der Waals surface area (Å²) in [4.78, 5) is 10.9. The fourth-order valence-corrected chi connectivity index (χ4v) is 1.29. The highest BCUT2D eigenvalue weighted by Crippen LogP contribution is 2.19. The van der Waals surface area contributed by atoms with Gasteiger partial charge in [0.2, 0.25) is 0 Å². The molecule has 16 heavy (non-hydrogen) atoms. The van der Waals surface area contributed by atoms with Gasteiger partial charge in [-0.25, -0.2) is 4.79 Å². The summed E-state index contributed by atoms with van der Waals surface area (Å²) in [5, 5.41) is 17.6. The van der Waals surface area contributed by atoms with Gasteiger partial charge in [-0.15, -0.1) is 0 Å². The van der Waals surface area contributed by atoms with E-state index in [1.165, 1.54) is 13.2 Å². The predicted octanol–water partition coefficient (Wildman–Crippen LogP) is 1.79. The number of carboxylic acids is 1. The summed E-state index contributed by atoms with van der Waals surface area (Å²) in [6.07, 6.45) is 3.89. The summed E-state index contributed by atoms with van der Waals surface area (Å²) in [5.41, 5.74) is 0.787. The standard InChI is InChI=1S/C12H14O4/c1-16-10-5-6-11(12(14)15)9(8-10)4-2-3-7-13/h2,4-6,8,13H,3,7H2,1H3,(H,14,15). The number of hydrogen-bond acceptors (Lipinski definition) is 3. The Hall–Kier alpha value is -1.81. The van der Waals surface area contributed by atoms with Crippen LogP contribution in [0.2, 0.25) is 0 Å². The van der Waals surface area contributed by atoms with E-state index in [0.717, 1.165) is 0 Å². The van der Waals surface area contributed by atoms with Gasteiger partial charge in [0, 0.05) is 6.61 Å². The maximum atomic E-state index is 10.9. The van der Waals surface area contributed by atoms with Crippen LogP contribution >= 0.6 is 0 Å². The molecule has 0 heterocycles. The van der Waals surface area contributed by atoms with Gasteiger partial charge in [-0.05, 0) is 30.2 Å². The van der Waals surface area contributed by atoms with Gasteiger partial charge in [0.15, 0.2) is 0 Å². The van der Waals surface area contributed by atoms with Gasteiger partial charge in [0.05, 0.1) is 12.7 Å². The van der Waals surface area contributed by atoms with Crippen LogP contribution in [0.4, 0.5) is 0 Å². The molecule has 4 heteroatoms. The van der Waals surface area contributed by atoms with E-state index in [9.17, 15) is 4.79 Å². The molecule has 1 aromatic carbocycles. The molecule has 0 saturated heterocycles. The molecule has 0 amide bonds. The van der Waals surface area contributed by atoms with Crippen molar-refractivity contribution in [1.29, 1.82) is 0 Å². The van der Waals surface area contributed by atoms with Gasteiger partial charge in [-0.3, -0.25) is 0 Å². The van der Waals surface area contributed by atoms with Crippen LogP contribution in [0, 0.1) is 0 Å². The Labute approximate surface area is 93.8 Å². The number of rotatable bonds is 5. The van der Waals surface area contributed by atoms with Gasteiger partial charge in [0.1, 0.15) is 5.75 Å². The monoisotopic (exact) mass is 222 g/mol. The Kier molecular flexibility index (Phi) is 4.54. The molecule has 0 unspecified atom stereocenters. The third-order valence-corrected chi connectivity index (χ3v) is 2.08. The minimum Gasteiger partial charge on any atom is -0.497 e.